The summed E-state index contributed by atoms with van der Waals surface area (Å²) in [5, 5.41) is 2.35. The Hall–Kier alpha value is -1.43. The van der Waals surface area contributed by atoms with E-state index >= 15 is 0 Å². The van der Waals surface area contributed by atoms with Crippen LogP contribution >= 0.6 is 0 Å². The molecule has 0 saturated carbocycles. The molecule has 0 amide bonds. The Bertz CT molecular complexity index is 657. The van der Waals surface area contributed by atoms with Gasteiger partial charge in [0.05, 0.1) is 0 Å². The highest BCUT2D eigenvalue weighted by atomic mass is 27.1. The lowest BCUT2D eigenvalue weighted by Gasteiger charge is -2.13. The van der Waals surface area contributed by atoms with Crippen molar-refractivity contribution < 1.29 is 4.42 Å². The van der Waals surface area contributed by atoms with Gasteiger partial charge >= 0.3 is 16.5 Å². The van der Waals surface area contributed by atoms with E-state index in [1.54, 1.807) is 0 Å². The molecule has 3 aromatic rings. The van der Waals surface area contributed by atoms with E-state index in [4.69, 9.17) is 4.42 Å². The average molecular weight is 223 g/mol. The minimum absolute atomic E-state index is 0.938. The van der Waals surface area contributed by atoms with E-state index in [0.717, 1.165) is 16.9 Å². The van der Waals surface area contributed by atoms with Crippen molar-refractivity contribution in [1.29, 1.82) is 0 Å². The van der Waals surface area contributed by atoms with Crippen LogP contribution in [0.25, 0.3) is 21.9 Å². The van der Waals surface area contributed by atoms with Crippen LogP contribution < -0.4 is 3.88 Å². The van der Waals surface area contributed by atoms with Gasteiger partial charge in [-0.15, -0.1) is 0 Å². The molecule has 1 heterocycles. The molecule has 3 rings (SSSR count). The Morgan fingerprint density at radius 1 is 1.00 bits per heavy atom. The largest absolute Gasteiger partial charge is 0.481 e. The molecule has 0 spiro atoms. The molecule has 0 aliphatic carbocycles. The average Bonchev–Trinajstić information content (AvgIpc) is 2.66. The topological polar surface area (TPSA) is 16.4 Å². The summed E-state index contributed by atoms with van der Waals surface area (Å²) in [6, 6.07) is 14.4. The summed E-state index contributed by atoms with van der Waals surface area (Å²) >= 11 is 2.64. The van der Waals surface area contributed by atoms with Gasteiger partial charge < -0.3 is 8.30 Å². The van der Waals surface area contributed by atoms with E-state index in [1.807, 2.05) is 29.1 Å². The molecular formula is C13H10AlNO. The lowest BCUT2D eigenvalue weighted by Crippen LogP contribution is -2.10. The van der Waals surface area contributed by atoms with Gasteiger partial charge in [-0.25, -0.2) is 0 Å². The molecule has 0 aliphatic heterocycles. The quantitative estimate of drug-likeness (QED) is 0.589. The number of benzene rings is 2. The van der Waals surface area contributed by atoms with Gasteiger partial charge in [0.2, 0.25) is 0 Å². The van der Waals surface area contributed by atoms with Crippen LogP contribution in [0.4, 0.5) is 5.69 Å². The number of hydrogen-bond acceptors (Lipinski definition) is 2. The monoisotopic (exact) mass is 223 g/mol. The Balaban J connectivity index is 2.37. The van der Waals surface area contributed by atoms with Crippen molar-refractivity contribution in [2.75, 3.05) is 10.9 Å². The lowest BCUT2D eigenvalue weighted by molar-refractivity contribution is 0.669. The Kier molecular flexibility index (Phi) is 2.17. The van der Waals surface area contributed by atoms with E-state index in [1.165, 1.54) is 10.8 Å². The van der Waals surface area contributed by atoms with Crippen LogP contribution in [0.5, 0.6) is 0 Å². The highest BCUT2D eigenvalue weighted by molar-refractivity contribution is 6.18. The fourth-order valence-electron chi connectivity index (χ4n) is 1.93. The molecule has 2 nitrogen and oxygen atoms in total. The van der Waals surface area contributed by atoms with Crippen LogP contribution in [0.3, 0.4) is 0 Å². The van der Waals surface area contributed by atoms with Gasteiger partial charge in [0.25, 0.3) is 0 Å². The molecule has 2 aromatic carbocycles. The van der Waals surface area contributed by atoms with Crippen molar-refractivity contribution in [1.82, 2.24) is 0 Å². The van der Waals surface area contributed by atoms with E-state index < -0.39 is 0 Å². The summed E-state index contributed by atoms with van der Waals surface area (Å²) in [7, 11) is 1.99. The first kappa shape index (κ1) is 9.77. The first-order chi connectivity index (χ1) is 7.75. The standard InChI is InChI=1S/C13H10NO.Al/c1-14-9-6-7-11-10-4-2-3-5-12(10)15-13(11)8-9;/h2-8H,1H3;/q-1;+1. The zero-order chi connectivity index (χ0) is 11.1. The van der Waals surface area contributed by atoms with Gasteiger partial charge in [-0.2, -0.15) is 0 Å². The third-order valence-corrected chi connectivity index (χ3v) is 3.07. The normalized spacial score (nSPS) is 11.1. The molecule has 76 valence electrons. The van der Waals surface area contributed by atoms with Crippen molar-refractivity contribution in [3.05, 3.63) is 42.5 Å². The fraction of sp³-hybridized carbons (Fsp3) is 0.0769. The second kappa shape index (κ2) is 3.55. The van der Waals surface area contributed by atoms with Crippen molar-refractivity contribution in [2.24, 2.45) is 0 Å². The zero-order valence-electron chi connectivity index (χ0n) is 8.97. The second-order valence-electron chi connectivity index (χ2n) is 3.89. The lowest BCUT2D eigenvalue weighted by atomic mass is 10.1. The van der Waals surface area contributed by atoms with Crippen LogP contribution in [0.1, 0.15) is 0 Å². The van der Waals surface area contributed by atoms with Crippen LogP contribution in [0.2, 0.25) is 0 Å². The van der Waals surface area contributed by atoms with Crippen LogP contribution in [-0.2, 0) is 0 Å². The maximum Gasteiger partial charge on any atom is 0.309 e. The summed E-state index contributed by atoms with van der Waals surface area (Å²) in [5.41, 5.74) is 3.01. The Labute approximate surface area is 102 Å². The minimum atomic E-state index is 0.938. The summed E-state index contributed by atoms with van der Waals surface area (Å²) in [6.07, 6.45) is 0. The molecule has 0 saturated heterocycles. The van der Waals surface area contributed by atoms with Gasteiger partial charge in [-0.05, 0) is 25.2 Å². The van der Waals surface area contributed by atoms with E-state index in [2.05, 4.69) is 40.8 Å². The van der Waals surface area contributed by atoms with Crippen molar-refractivity contribution in [3.8, 4) is 0 Å². The predicted molar refractivity (Wildman–Crippen MR) is 67.9 cm³/mol. The molecule has 1 aromatic heterocycles. The van der Waals surface area contributed by atoms with Gasteiger partial charge in [0.15, 0.2) is 0 Å². The summed E-state index contributed by atoms with van der Waals surface area (Å²) in [4.78, 5) is 0. The number of rotatable bonds is 1. The van der Waals surface area contributed by atoms with Gasteiger partial charge in [-0.3, -0.25) is 0 Å². The third kappa shape index (κ3) is 1.41. The second-order valence-corrected chi connectivity index (χ2v) is 4.66. The highest BCUT2D eigenvalue weighted by Crippen LogP contribution is 2.30. The maximum absolute atomic E-state index is 5.81. The van der Waals surface area contributed by atoms with Crippen LogP contribution in [0.15, 0.2) is 46.9 Å². The third-order valence-electron chi connectivity index (χ3n) is 2.77. The molecule has 16 heavy (non-hydrogen) atoms. The van der Waals surface area contributed by atoms with Gasteiger partial charge in [-0.1, -0.05) is 18.2 Å². The number of hydrogen-bond donors (Lipinski definition) is 0. The predicted octanol–water partition coefficient (Wildman–Crippen LogP) is 3.11. The van der Waals surface area contributed by atoms with Crippen LogP contribution in [0, 0.1) is 0 Å². The van der Waals surface area contributed by atoms with E-state index in [-0.39, 0.29) is 0 Å². The zero-order valence-corrected chi connectivity index (χ0v) is 10.1. The smallest absolute Gasteiger partial charge is 0.309 e. The molecule has 0 atom stereocenters. The van der Waals surface area contributed by atoms with E-state index in [9.17, 15) is 0 Å². The number of furan rings is 1. The van der Waals surface area contributed by atoms with Crippen LogP contribution in [-0.4, -0.2) is 23.6 Å². The molecular weight excluding hydrogens is 213 g/mol. The first-order valence-corrected chi connectivity index (χ1v) is 5.67. The van der Waals surface area contributed by atoms with Gasteiger partial charge in [0.1, 0.15) is 11.2 Å². The number of anilines is 1. The molecule has 0 N–H and O–H groups in total. The van der Waals surface area contributed by atoms with Crippen molar-refractivity contribution >= 4 is 44.1 Å². The number of fused-ring (bicyclic) bond motifs is 3. The fourth-order valence-corrected chi connectivity index (χ4v) is 2.09. The number of nitrogens with zero attached hydrogens (tertiary/aromatic N) is 1. The molecule has 2 radical (unpaired) electrons. The molecule has 0 bridgehead atoms. The Morgan fingerprint density at radius 2 is 1.75 bits per heavy atom. The summed E-state index contributed by atoms with van der Waals surface area (Å²) in [5.74, 6) is 0. The minimum Gasteiger partial charge on any atom is -0.481 e. The number of para-hydroxylation sites is 1. The van der Waals surface area contributed by atoms with Crippen molar-refractivity contribution in [3.63, 3.8) is 0 Å². The summed E-state index contributed by atoms with van der Waals surface area (Å²) < 4.78 is 7.80. The van der Waals surface area contributed by atoms with Crippen molar-refractivity contribution in [2.45, 2.75) is 0 Å². The van der Waals surface area contributed by atoms with Gasteiger partial charge in [0, 0.05) is 22.5 Å². The molecule has 0 aliphatic rings. The first-order valence-electron chi connectivity index (χ1n) is 5.15. The maximum atomic E-state index is 5.81. The SMILES string of the molecule is C[N]([Al])c1ccc2c(c1)oc1ccccc12. The highest BCUT2D eigenvalue weighted by Gasteiger charge is 2.06. The summed E-state index contributed by atoms with van der Waals surface area (Å²) in [6.45, 7) is 0. The Morgan fingerprint density at radius 3 is 2.56 bits per heavy atom. The molecule has 0 unspecified atom stereocenters. The van der Waals surface area contributed by atoms with E-state index in [0.29, 0.717) is 0 Å². The molecule has 3 heteroatoms. The molecule has 0 fully saturated rings.